The molecule has 0 heterocycles. The first-order valence-electron chi connectivity index (χ1n) is 6.41. The lowest BCUT2D eigenvalue weighted by atomic mass is 9.98. The molecule has 0 saturated heterocycles. The molecule has 0 rings (SSSR count). The van der Waals surface area contributed by atoms with Crippen molar-refractivity contribution in [3.8, 4) is 0 Å². The number of hydrogen-bond acceptors (Lipinski definition) is 4. The number of carbonyl (C=O) groups excluding carboxylic acids is 3. The van der Waals surface area contributed by atoms with E-state index in [0.717, 1.165) is 6.42 Å². The van der Waals surface area contributed by atoms with Crippen molar-refractivity contribution in [1.82, 2.24) is 10.6 Å². The van der Waals surface area contributed by atoms with E-state index in [-0.39, 0.29) is 30.8 Å². The van der Waals surface area contributed by atoms with E-state index in [1.807, 2.05) is 13.8 Å². The molecular weight excluding hydrogens is 250 g/mol. The second kappa shape index (κ2) is 9.18. The summed E-state index contributed by atoms with van der Waals surface area (Å²) in [6.07, 6.45) is 0.819. The van der Waals surface area contributed by atoms with E-state index >= 15 is 0 Å². The van der Waals surface area contributed by atoms with Gasteiger partial charge in [-0.3, -0.25) is 9.59 Å². The second-order valence-electron chi connectivity index (χ2n) is 4.22. The first-order chi connectivity index (χ1) is 8.92. The maximum Gasteiger partial charge on any atom is 0.312 e. The number of nitrogens with two attached hydrogens (primary N) is 1. The Labute approximate surface area is 113 Å². The van der Waals surface area contributed by atoms with E-state index in [1.165, 1.54) is 0 Å². The zero-order chi connectivity index (χ0) is 14.8. The zero-order valence-corrected chi connectivity index (χ0v) is 11.7. The van der Waals surface area contributed by atoms with E-state index < -0.39 is 12.1 Å². The predicted octanol–water partition coefficient (Wildman–Crippen LogP) is 0.139. The Kier molecular flexibility index (Phi) is 8.32. The molecule has 7 nitrogen and oxygen atoms in total. The highest BCUT2D eigenvalue weighted by Crippen LogP contribution is 2.07. The van der Waals surface area contributed by atoms with E-state index in [9.17, 15) is 14.4 Å². The Balaban J connectivity index is 4.25. The highest BCUT2D eigenvalue weighted by molar-refractivity contribution is 5.87. The minimum absolute atomic E-state index is 0.0462. The van der Waals surface area contributed by atoms with Crippen molar-refractivity contribution >= 4 is 17.9 Å². The molecule has 0 aromatic rings. The van der Waals surface area contributed by atoms with E-state index in [0.29, 0.717) is 6.61 Å². The van der Waals surface area contributed by atoms with Crippen LogP contribution in [0, 0.1) is 5.92 Å². The van der Waals surface area contributed by atoms with Gasteiger partial charge in [0.05, 0.1) is 13.0 Å². The number of nitrogens with one attached hydrogen (secondary N) is 2. The summed E-state index contributed by atoms with van der Waals surface area (Å²) in [6.45, 7) is 5.94. The number of rotatable bonds is 8. The number of urea groups is 1. The monoisotopic (exact) mass is 273 g/mol. The zero-order valence-electron chi connectivity index (χ0n) is 11.7. The summed E-state index contributed by atoms with van der Waals surface area (Å²) in [4.78, 5) is 33.8. The fraction of sp³-hybridized carbons (Fsp3) is 0.750. The van der Waals surface area contributed by atoms with Crippen LogP contribution in [0.25, 0.3) is 0 Å². The molecular formula is C12H23N3O4. The molecule has 110 valence electrons. The highest BCUT2D eigenvalue weighted by Gasteiger charge is 2.24. The maximum atomic E-state index is 11.9. The van der Waals surface area contributed by atoms with Gasteiger partial charge in [0.25, 0.3) is 0 Å². The molecule has 2 unspecified atom stereocenters. The van der Waals surface area contributed by atoms with Crippen LogP contribution in [0.2, 0.25) is 0 Å². The smallest absolute Gasteiger partial charge is 0.312 e. The summed E-state index contributed by atoms with van der Waals surface area (Å²) in [5.41, 5.74) is 5.04. The lowest BCUT2D eigenvalue weighted by molar-refractivity contribution is -0.143. The molecule has 19 heavy (non-hydrogen) atoms. The molecule has 0 fully saturated rings. The lowest BCUT2D eigenvalue weighted by Gasteiger charge is -2.22. The first-order valence-corrected chi connectivity index (χ1v) is 6.41. The molecule has 0 saturated carbocycles. The fourth-order valence-corrected chi connectivity index (χ4v) is 1.49. The molecule has 2 atom stereocenters. The van der Waals surface area contributed by atoms with Gasteiger partial charge < -0.3 is 21.1 Å². The van der Waals surface area contributed by atoms with Crippen LogP contribution < -0.4 is 16.4 Å². The third kappa shape index (κ3) is 7.28. The quantitative estimate of drug-likeness (QED) is 0.546. The number of hydrogen-bond donors (Lipinski definition) is 3. The summed E-state index contributed by atoms with van der Waals surface area (Å²) >= 11 is 0. The van der Waals surface area contributed by atoms with Crippen LogP contribution in [-0.2, 0) is 14.3 Å². The van der Waals surface area contributed by atoms with Gasteiger partial charge in [0.1, 0.15) is 6.04 Å². The van der Waals surface area contributed by atoms with Crippen molar-refractivity contribution in [3.63, 3.8) is 0 Å². The Morgan fingerprint density at radius 1 is 1.26 bits per heavy atom. The van der Waals surface area contributed by atoms with Gasteiger partial charge in [-0.1, -0.05) is 20.3 Å². The Morgan fingerprint density at radius 2 is 1.89 bits per heavy atom. The molecule has 0 aromatic heterocycles. The van der Waals surface area contributed by atoms with E-state index in [1.54, 1.807) is 6.92 Å². The molecule has 0 radical (unpaired) electrons. The summed E-state index contributed by atoms with van der Waals surface area (Å²) in [5, 5.41) is 4.99. The number of esters is 1. The normalized spacial score (nSPS) is 13.2. The molecule has 3 amide bonds. The SMILES string of the molecule is CCOC(=O)CCNC(=O)C(NC(N)=O)C(C)CC. The van der Waals surface area contributed by atoms with Crippen molar-refractivity contribution < 1.29 is 19.1 Å². The third-order valence-electron chi connectivity index (χ3n) is 2.73. The van der Waals surface area contributed by atoms with Gasteiger partial charge in [0.2, 0.25) is 5.91 Å². The van der Waals surface area contributed by atoms with Crippen LogP contribution >= 0.6 is 0 Å². The van der Waals surface area contributed by atoms with Crippen molar-refractivity contribution in [1.29, 1.82) is 0 Å². The topological polar surface area (TPSA) is 111 Å². The van der Waals surface area contributed by atoms with Crippen LogP contribution in [0.4, 0.5) is 4.79 Å². The molecule has 0 aliphatic rings. The average molecular weight is 273 g/mol. The van der Waals surface area contributed by atoms with Crippen LogP contribution in [-0.4, -0.2) is 37.1 Å². The third-order valence-corrected chi connectivity index (χ3v) is 2.73. The summed E-state index contributed by atoms with van der Waals surface area (Å²) in [7, 11) is 0. The lowest BCUT2D eigenvalue weighted by Crippen LogP contribution is -2.52. The van der Waals surface area contributed by atoms with Crippen LogP contribution in [0.15, 0.2) is 0 Å². The number of carbonyl (C=O) groups is 3. The van der Waals surface area contributed by atoms with Crippen LogP contribution in [0.3, 0.4) is 0 Å². The predicted molar refractivity (Wildman–Crippen MR) is 70.2 cm³/mol. The molecule has 0 spiro atoms. The number of primary amides is 1. The van der Waals surface area contributed by atoms with Gasteiger partial charge in [0.15, 0.2) is 0 Å². The van der Waals surface area contributed by atoms with Crippen molar-refractivity contribution in [3.05, 3.63) is 0 Å². The largest absolute Gasteiger partial charge is 0.466 e. The minimum Gasteiger partial charge on any atom is -0.466 e. The molecule has 0 aliphatic heterocycles. The molecule has 0 aromatic carbocycles. The van der Waals surface area contributed by atoms with Crippen molar-refractivity contribution in [2.24, 2.45) is 11.7 Å². The van der Waals surface area contributed by atoms with Gasteiger partial charge >= 0.3 is 12.0 Å². The standard InChI is InChI=1S/C12H23N3O4/c1-4-8(3)10(15-12(13)18)11(17)14-7-6-9(16)19-5-2/h8,10H,4-7H2,1-3H3,(H,14,17)(H3,13,15,18). The summed E-state index contributed by atoms with van der Waals surface area (Å²) in [6, 6.07) is -1.43. The molecule has 4 N–H and O–H groups in total. The van der Waals surface area contributed by atoms with Crippen LogP contribution in [0.1, 0.15) is 33.6 Å². The summed E-state index contributed by atoms with van der Waals surface area (Å²) in [5.74, 6) is -0.765. The minimum atomic E-state index is -0.745. The Hall–Kier alpha value is -1.79. The fourth-order valence-electron chi connectivity index (χ4n) is 1.49. The first kappa shape index (κ1) is 17.2. The summed E-state index contributed by atoms with van der Waals surface area (Å²) < 4.78 is 4.74. The van der Waals surface area contributed by atoms with Crippen molar-refractivity contribution in [2.45, 2.75) is 39.7 Å². The second-order valence-corrected chi connectivity index (χ2v) is 4.22. The average Bonchev–Trinajstić information content (AvgIpc) is 2.35. The number of amides is 3. The van der Waals surface area contributed by atoms with Crippen LogP contribution in [0.5, 0.6) is 0 Å². The van der Waals surface area contributed by atoms with Gasteiger partial charge in [0, 0.05) is 6.54 Å². The van der Waals surface area contributed by atoms with Gasteiger partial charge in [-0.25, -0.2) is 4.79 Å². The van der Waals surface area contributed by atoms with E-state index in [2.05, 4.69) is 10.6 Å². The molecule has 0 aliphatic carbocycles. The van der Waals surface area contributed by atoms with Gasteiger partial charge in [-0.15, -0.1) is 0 Å². The maximum absolute atomic E-state index is 11.9. The highest BCUT2D eigenvalue weighted by atomic mass is 16.5. The van der Waals surface area contributed by atoms with E-state index in [4.69, 9.17) is 10.5 Å². The molecule has 7 heteroatoms. The van der Waals surface area contributed by atoms with Gasteiger partial charge in [-0.05, 0) is 12.8 Å². The number of ether oxygens (including phenoxy) is 1. The molecule has 0 bridgehead atoms. The Bertz CT molecular complexity index is 320. The van der Waals surface area contributed by atoms with Gasteiger partial charge in [-0.2, -0.15) is 0 Å². The van der Waals surface area contributed by atoms with Crippen molar-refractivity contribution in [2.75, 3.05) is 13.2 Å². The Morgan fingerprint density at radius 3 is 2.37 bits per heavy atom.